The van der Waals surface area contributed by atoms with E-state index in [1.807, 2.05) is 0 Å². The van der Waals surface area contributed by atoms with Crippen LogP contribution in [-0.4, -0.2) is 29.4 Å². The first kappa shape index (κ1) is 17.7. The molecule has 0 saturated heterocycles. The van der Waals surface area contributed by atoms with Gasteiger partial charge in [0.2, 0.25) is 5.91 Å². The van der Waals surface area contributed by atoms with Crippen molar-refractivity contribution in [2.45, 2.75) is 46.3 Å². The molecule has 1 aliphatic heterocycles. The maximum atomic E-state index is 12.9. The van der Waals surface area contributed by atoms with Crippen LogP contribution in [0.15, 0.2) is 35.9 Å². The summed E-state index contributed by atoms with van der Waals surface area (Å²) in [6, 6.07) is 7.03. The normalized spacial score (nSPS) is 16.5. The summed E-state index contributed by atoms with van der Waals surface area (Å²) in [7, 11) is 0. The molecule has 6 heteroatoms. The van der Waals surface area contributed by atoms with E-state index >= 15 is 0 Å². The van der Waals surface area contributed by atoms with Gasteiger partial charge in [-0.3, -0.25) is 14.5 Å². The number of carbonyl (C=O) groups excluding carboxylic acids is 3. The molecule has 0 saturated carbocycles. The van der Waals surface area contributed by atoms with Gasteiger partial charge in [-0.2, -0.15) is 0 Å². The number of hydrogen-bond donors (Lipinski definition) is 1. The highest BCUT2D eigenvalue weighted by Gasteiger charge is 2.45. The van der Waals surface area contributed by atoms with Crippen molar-refractivity contribution in [2.75, 3.05) is 10.2 Å². The Morgan fingerprint density at radius 2 is 1.88 bits per heavy atom. The van der Waals surface area contributed by atoms with Crippen LogP contribution in [0.3, 0.4) is 0 Å². The fourth-order valence-corrected chi connectivity index (χ4v) is 2.52. The lowest BCUT2D eigenvalue weighted by Gasteiger charge is -2.42. The highest BCUT2D eigenvalue weighted by Crippen LogP contribution is 2.37. The zero-order valence-corrected chi connectivity index (χ0v) is 14.5. The molecule has 1 aromatic carbocycles. The van der Waals surface area contributed by atoms with Crippen molar-refractivity contribution in [3.05, 3.63) is 35.9 Å². The Morgan fingerprint density at radius 3 is 2.50 bits per heavy atom. The summed E-state index contributed by atoms with van der Waals surface area (Å²) in [5.41, 5.74) is 0.820. The molecule has 24 heavy (non-hydrogen) atoms. The number of benzene rings is 1. The third kappa shape index (κ3) is 3.32. The van der Waals surface area contributed by atoms with E-state index in [2.05, 4.69) is 5.32 Å². The fourth-order valence-electron chi connectivity index (χ4n) is 2.52. The van der Waals surface area contributed by atoms with Crippen LogP contribution in [0.4, 0.5) is 11.4 Å². The zero-order valence-electron chi connectivity index (χ0n) is 14.5. The van der Waals surface area contributed by atoms with Crippen molar-refractivity contribution >= 4 is 29.2 Å². The zero-order chi connectivity index (χ0) is 18.1. The number of anilines is 2. The molecule has 1 aliphatic rings. The maximum Gasteiger partial charge on any atom is 0.331 e. The van der Waals surface area contributed by atoms with Gasteiger partial charge in [0, 0.05) is 6.08 Å². The Hall–Kier alpha value is -2.63. The van der Waals surface area contributed by atoms with Gasteiger partial charge in [-0.25, -0.2) is 4.79 Å². The summed E-state index contributed by atoms with van der Waals surface area (Å²) in [5.74, 6) is -1.32. The number of ether oxygens (including phenoxy) is 1. The predicted octanol–water partition coefficient (Wildman–Crippen LogP) is 2.65. The number of amides is 2. The summed E-state index contributed by atoms with van der Waals surface area (Å²) in [6.45, 7) is 8.34. The van der Waals surface area contributed by atoms with Crippen LogP contribution >= 0.6 is 0 Å². The highest BCUT2D eigenvalue weighted by atomic mass is 16.5. The SMILES string of the molecule is CC(C)=CC(=O)O[C@@H](C)C(=O)N1c2ccccc2NC(=O)C1(C)C. The second-order valence-electron chi connectivity index (χ2n) is 6.50. The van der Waals surface area contributed by atoms with E-state index in [1.165, 1.54) is 17.9 Å². The Labute approximate surface area is 141 Å². The van der Waals surface area contributed by atoms with Gasteiger partial charge < -0.3 is 10.1 Å². The Bertz CT molecular complexity index is 717. The molecular weight excluding hydrogens is 308 g/mol. The van der Waals surface area contributed by atoms with Crippen molar-refractivity contribution in [2.24, 2.45) is 0 Å². The largest absolute Gasteiger partial charge is 0.449 e. The van der Waals surface area contributed by atoms with Gasteiger partial charge in [-0.1, -0.05) is 17.7 Å². The standard InChI is InChI=1S/C18H22N2O4/c1-11(2)10-15(21)24-12(3)16(22)20-14-9-7-6-8-13(14)19-17(23)18(20,4)5/h6-10,12H,1-5H3,(H,19,23)/t12-/m0/s1. The highest BCUT2D eigenvalue weighted by molar-refractivity contribution is 6.15. The van der Waals surface area contributed by atoms with Crippen molar-refractivity contribution in [3.8, 4) is 0 Å². The minimum absolute atomic E-state index is 0.294. The van der Waals surface area contributed by atoms with Crippen molar-refractivity contribution in [1.29, 1.82) is 0 Å². The molecule has 0 aliphatic carbocycles. The summed E-state index contributed by atoms with van der Waals surface area (Å²) < 4.78 is 5.18. The lowest BCUT2D eigenvalue weighted by molar-refractivity contribution is -0.149. The number of nitrogens with one attached hydrogen (secondary N) is 1. The molecule has 1 atom stereocenters. The van der Waals surface area contributed by atoms with E-state index in [9.17, 15) is 14.4 Å². The first-order valence-electron chi connectivity index (χ1n) is 7.74. The molecule has 0 radical (unpaired) electrons. The maximum absolute atomic E-state index is 12.9. The third-order valence-corrected chi connectivity index (χ3v) is 3.78. The van der Waals surface area contributed by atoms with Crippen LogP contribution in [0, 0.1) is 0 Å². The monoisotopic (exact) mass is 330 g/mol. The average Bonchev–Trinajstić information content (AvgIpc) is 2.46. The lowest BCUT2D eigenvalue weighted by atomic mass is 9.95. The molecule has 2 rings (SSSR count). The third-order valence-electron chi connectivity index (χ3n) is 3.78. The minimum Gasteiger partial charge on any atom is -0.449 e. The number of allylic oxidation sites excluding steroid dienone is 1. The van der Waals surface area contributed by atoms with Gasteiger partial charge in [-0.15, -0.1) is 0 Å². The smallest absolute Gasteiger partial charge is 0.331 e. The number of hydrogen-bond acceptors (Lipinski definition) is 4. The predicted molar refractivity (Wildman–Crippen MR) is 91.6 cm³/mol. The number of esters is 1. The van der Waals surface area contributed by atoms with Crippen molar-refractivity contribution < 1.29 is 19.1 Å². The van der Waals surface area contributed by atoms with Gasteiger partial charge in [0.25, 0.3) is 5.91 Å². The van der Waals surface area contributed by atoms with Gasteiger partial charge in [-0.05, 0) is 46.8 Å². The van der Waals surface area contributed by atoms with Gasteiger partial charge in [0.05, 0.1) is 11.4 Å². The average molecular weight is 330 g/mol. The fraction of sp³-hybridized carbons (Fsp3) is 0.389. The number of rotatable bonds is 3. The molecule has 0 spiro atoms. The Kier molecular flexibility index (Phi) is 4.78. The molecule has 0 fully saturated rings. The van der Waals surface area contributed by atoms with Gasteiger partial charge in [0.15, 0.2) is 6.10 Å². The van der Waals surface area contributed by atoms with E-state index in [0.29, 0.717) is 11.4 Å². The van der Waals surface area contributed by atoms with Crippen LogP contribution in [0.25, 0.3) is 0 Å². The Morgan fingerprint density at radius 1 is 1.25 bits per heavy atom. The second-order valence-corrected chi connectivity index (χ2v) is 6.50. The van der Waals surface area contributed by atoms with E-state index in [0.717, 1.165) is 5.57 Å². The van der Waals surface area contributed by atoms with Crippen LogP contribution in [0.5, 0.6) is 0 Å². The van der Waals surface area contributed by atoms with E-state index in [1.54, 1.807) is 52.0 Å². The van der Waals surface area contributed by atoms with Crippen LogP contribution < -0.4 is 10.2 Å². The number of nitrogens with zero attached hydrogens (tertiary/aromatic N) is 1. The summed E-state index contributed by atoms with van der Waals surface area (Å²) in [5, 5.41) is 2.79. The minimum atomic E-state index is -1.09. The van der Waals surface area contributed by atoms with Crippen molar-refractivity contribution in [3.63, 3.8) is 0 Å². The van der Waals surface area contributed by atoms with Gasteiger partial charge in [0.1, 0.15) is 5.54 Å². The molecule has 2 amide bonds. The second kappa shape index (κ2) is 6.47. The van der Waals surface area contributed by atoms with Crippen LogP contribution in [-0.2, 0) is 19.1 Å². The molecule has 1 aromatic rings. The van der Waals surface area contributed by atoms with E-state index in [-0.39, 0.29) is 5.91 Å². The molecular formula is C18H22N2O4. The Balaban J connectivity index is 2.34. The number of carbonyl (C=O) groups is 3. The summed E-state index contributed by atoms with van der Waals surface area (Å²) in [4.78, 5) is 38.4. The first-order chi connectivity index (χ1) is 11.1. The molecule has 0 bridgehead atoms. The molecule has 128 valence electrons. The summed E-state index contributed by atoms with van der Waals surface area (Å²) in [6.07, 6.45) is 0.317. The summed E-state index contributed by atoms with van der Waals surface area (Å²) >= 11 is 0. The topological polar surface area (TPSA) is 75.7 Å². The molecule has 1 N–H and O–H groups in total. The van der Waals surface area contributed by atoms with Crippen LogP contribution in [0.1, 0.15) is 34.6 Å². The van der Waals surface area contributed by atoms with Gasteiger partial charge >= 0.3 is 5.97 Å². The lowest BCUT2D eigenvalue weighted by Crippen LogP contribution is -2.60. The number of fused-ring (bicyclic) bond motifs is 1. The first-order valence-corrected chi connectivity index (χ1v) is 7.74. The van der Waals surface area contributed by atoms with E-state index < -0.39 is 23.5 Å². The molecule has 1 heterocycles. The quantitative estimate of drug-likeness (QED) is 0.683. The van der Waals surface area contributed by atoms with E-state index in [4.69, 9.17) is 4.74 Å². The molecule has 0 aromatic heterocycles. The molecule has 0 unspecified atom stereocenters. The molecule has 6 nitrogen and oxygen atoms in total. The van der Waals surface area contributed by atoms with Crippen molar-refractivity contribution in [1.82, 2.24) is 0 Å². The van der Waals surface area contributed by atoms with Crippen LogP contribution in [0.2, 0.25) is 0 Å². The number of para-hydroxylation sites is 2.